The maximum absolute atomic E-state index is 14.5. The molecule has 0 radical (unpaired) electrons. The summed E-state index contributed by atoms with van der Waals surface area (Å²) in [5.41, 5.74) is -0.802. The van der Waals surface area contributed by atoms with E-state index in [0.717, 1.165) is 6.26 Å². The largest absolute Gasteiger partial charge is 0.459 e. The van der Waals surface area contributed by atoms with Gasteiger partial charge in [0.05, 0.1) is 12.5 Å². The Kier molecular flexibility index (Phi) is 3.76. The minimum atomic E-state index is -3.35. The fraction of sp³-hybridized carbons (Fsp3) is 0.643. The molecule has 1 amide bonds. The molecule has 2 aliphatic heterocycles. The minimum absolute atomic E-state index is 0.134. The van der Waals surface area contributed by atoms with E-state index in [2.05, 4.69) is 0 Å². The van der Waals surface area contributed by atoms with Crippen molar-refractivity contribution in [2.75, 3.05) is 32.4 Å². The number of piperidine rings is 1. The van der Waals surface area contributed by atoms with E-state index in [1.165, 1.54) is 10.6 Å². The van der Waals surface area contributed by atoms with Crippen molar-refractivity contribution >= 4 is 15.9 Å². The number of carbonyl (C=O) groups is 1. The Morgan fingerprint density at radius 3 is 2.82 bits per heavy atom. The molecule has 2 atom stereocenters. The highest BCUT2D eigenvalue weighted by Crippen LogP contribution is 2.42. The predicted molar refractivity (Wildman–Crippen MR) is 77.6 cm³/mol. The van der Waals surface area contributed by atoms with Crippen molar-refractivity contribution in [1.82, 2.24) is 9.21 Å². The van der Waals surface area contributed by atoms with Crippen LogP contribution >= 0.6 is 0 Å². The maximum atomic E-state index is 14.5. The van der Waals surface area contributed by atoms with Gasteiger partial charge in [0.2, 0.25) is 10.0 Å². The number of hydrogen-bond acceptors (Lipinski definition) is 4. The lowest BCUT2D eigenvalue weighted by molar-refractivity contribution is 0.0392. The van der Waals surface area contributed by atoms with Crippen LogP contribution in [-0.2, 0) is 10.0 Å². The third kappa shape index (κ3) is 2.65. The summed E-state index contributed by atoms with van der Waals surface area (Å²) in [4.78, 5) is 13.8. The standard InChI is InChI=1S/C14H19FN2O4S/c1-22(19,20)17-6-4-12(15)14(10-17)5-7-16(9-14)13(18)11-3-2-8-21-11/h2-3,8,12H,4-7,9-10H2,1H3. The van der Waals surface area contributed by atoms with Crippen molar-refractivity contribution < 1.29 is 22.0 Å². The van der Waals surface area contributed by atoms with Gasteiger partial charge in [-0.1, -0.05) is 0 Å². The summed E-state index contributed by atoms with van der Waals surface area (Å²) in [5, 5.41) is 0. The Balaban J connectivity index is 1.78. The van der Waals surface area contributed by atoms with E-state index < -0.39 is 21.6 Å². The SMILES string of the molecule is CS(=O)(=O)N1CCC(F)C2(CCN(C(=O)c3ccco3)C2)C1. The van der Waals surface area contributed by atoms with Gasteiger partial charge < -0.3 is 9.32 Å². The third-order valence-electron chi connectivity index (χ3n) is 4.66. The topological polar surface area (TPSA) is 70.8 Å². The lowest BCUT2D eigenvalue weighted by atomic mass is 9.78. The second-order valence-corrected chi connectivity index (χ2v) is 8.15. The second-order valence-electron chi connectivity index (χ2n) is 6.17. The Bertz CT molecular complexity index is 660. The molecule has 3 heterocycles. The molecule has 2 fully saturated rings. The van der Waals surface area contributed by atoms with Crippen LogP contribution in [0.25, 0.3) is 0 Å². The van der Waals surface area contributed by atoms with Crippen molar-refractivity contribution in [3.05, 3.63) is 24.2 Å². The first-order valence-electron chi connectivity index (χ1n) is 7.24. The highest BCUT2D eigenvalue weighted by molar-refractivity contribution is 7.88. The molecular weight excluding hydrogens is 311 g/mol. The quantitative estimate of drug-likeness (QED) is 0.814. The number of amides is 1. The number of hydrogen-bond donors (Lipinski definition) is 0. The Morgan fingerprint density at radius 1 is 1.41 bits per heavy atom. The first-order chi connectivity index (χ1) is 10.3. The van der Waals surface area contributed by atoms with Gasteiger partial charge in [-0.3, -0.25) is 4.79 Å². The zero-order chi connectivity index (χ0) is 16.0. The molecule has 0 N–H and O–H groups in total. The number of nitrogens with zero attached hydrogens (tertiary/aromatic N) is 2. The van der Waals surface area contributed by atoms with E-state index in [9.17, 15) is 17.6 Å². The summed E-state index contributed by atoms with van der Waals surface area (Å²) >= 11 is 0. The smallest absolute Gasteiger partial charge is 0.289 e. The van der Waals surface area contributed by atoms with Crippen LogP contribution in [0.4, 0.5) is 4.39 Å². The molecule has 0 aromatic carbocycles. The molecule has 22 heavy (non-hydrogen) atoms. The summed E-state index contributed by atoms with van der Waals surface area (Å²) in [6.07, 6.45) is 2.10. The first kappa shape index (κ1) is 15.5. The molecule has 2 saturated heterocycles. The number of halogens is 1. The van der Waals surface area contributed by atoms with Crippen LogP contribution in [0.2, 0.25) is 0 Å². The van der Waals surface area contributed by atoms with Gasteiger partial charge in [0.15, 0.2) is 5.76 Å². The summed E-state index contributed by atoms with van der Waals surface area (Å²) in [5.74, 6) is -0.0474. The molecule has 1 spiro atoms. The molecule has 1 aromatic rings. The Morgan fingerprint density at radius 2 is 2.18 bits per heavy atom. The molecular formula is C14H19FN2O4S. The lowest BCUT2D eigenvalue weighted by Crippen LogP contribution is -2.53. The number of furan rings is 1. The molecule has 6 nitrogen and oxygen atoms in total. The van der Waals surface area contributed by atoms with Gasteiger partial charge in [0.1, 0.15) is 6.17 Å². The molecule has 0 bridgehead atoms. The van der Waals surface area contributed by atoms with Gasteiger partial charge in [-0.05, 0) is 25.0 Å². The fourth-order valence-corrected chi connectivity index (χ4v) is 4.31. The van der Waals surface area contributed by atoms with E-state index in [0.29, 0.717) is 13.0 Å². The maximum Gasteiger partial charge on any atom is 0.289 e. The van der Waals surface area contributed by atoms with Crippen LogP contribution in [0.1, 0.15) is 23.4 Å². The van der Waals surface area contributed by atoms with Crippen LogP contribution in [0.5, 0.6) is 0 Å². The zero-order valence-corrected chi connectivity index (χ0v) is 13.2. The van der Waals surface area contributed by atoms with Crippen LogP contribution in [0, 0.1) is 5.41 Å². The van der Waals surface area contributed by atoms with Crippen molar-refractivity contribution in [3.8, 4) is 0 Å². The van der Waals surface area contributed by atoms with Gasteiger partial charge >= 0.3 is 0 Å². The van der Waals surface area contributed by atoms with Crippen LogP contribution in [0.3, 0.4) is 0 Å². The predicted octanol–water partition coefficient (Wildman–Crippen LogP) is 1.12. The molecule has 0 saturated carbocycles. The second kappa shape index (κ2) is 5.34. The number of sulfonamides is 1. The molecule has 0 aliphatic carbocycles. The fourth-order valence-electron chi connectivity index (χ4n) is 3.39. The van der Waals surface area contributed by atoms with Gasteiger partial charge in [-0.25, -0.2) is 17.1 Å². The average molecular weight is 330 g/mol. The monoisotopic (exact) mass is 330 g/mol. The molecule has 2 aliphatic rings. The van der Waals surface area contributed by atoms with Crippen molar-refractivity contribution in [1.29, 1.82) is 0 Å². The van der Waals surface area contributed by atoms with Crippen molar-refractivity contribution in [2.45, 2.75) is 19.0 Å². The van der Waals surface area contributed by atoms with E-state index >= 15 is 0 Å². The van der Waals surface area contributed by atoms with Gasteiger partial charge in [0.25, 0.3) is 5.91 Å². The van der Waals surface area contributed by atoms with Crippen molar-refractivity contribution in [2.24, 2.45) is 5.41 Å². The van der Waals surface area contributed by atoms with Gasteiger partial charge in [-0.15, -0.1) is 0 Å². The highest BCUT2D eigenvalue weighted by atomic mass is 32.2. The minimum Gasteiger partial charge on any atom is -0.459 e. The van der Waals surface area contributed by atoms with E-state index in [-0.39, 0.29) is 37.7 Å². The third-order valence-corrected chi connectivity index (χ3v) is 5.91. The Hall–Kier alpha value is -1.41. The molecule has 122 valence electrons. The van der Waals surface area contributed by atoms with Gasteiger partial charge in [0, 0.05) is 31.6 Å². The van der Waals surface area contributed by atoms with Crippen LogP contribution in [-0.4, -0.2) is 62.1 Å². The van der Waals surface area contributed by atoms with Crippen LogP contribution < -0.4 is 0 Å². The number of rotatable bonds is 2. The summed E-state index contributed by atoms with van der Waals surface area (Å²) < 4.78 is 44.4. The average Bonchev–Trinajstić information content (AvgIpc) is 3.11. The highest BCUT2D eigenvalue weighted by Gasteiger charge is 2.51. The van der Waals surface area contributed by atoms with E-state index in [4.69, 9.17) is 4.42 Å². The first-order valence-corrected chi connectivity index (χ1v) is 9.09. The summed E-state index contributed by atoms with van der Waals surface area (Å²) in [6.45, 7) is 0.972. The normalized spacial score (nSPS) is 30.1. The Labute approximate surface area is 128 Å². The molecule has 1 aromatic heterocycles. The molecule has 8 heteroatoms. The number of likely N-dealkylation sites (tertiary alicyclic amines) is 1. The van der Waals surface area contributed by atoms with Crippen molar-refractivity contribution in [3.63, 3.8) is 0 Å². The van der Waals surface area contributed by atoms with Crippen LogP contribution in [0.15, 0.2) is 22.8 Å². The van der Waals surface area contributed by atoms with Gasteiger partial charge in [-0.2, -0.15) is 0 Å². The number of carbonyl (C=O) groups excluding carboxylic acids is 1. The summed E-state index contributed by atoms with van der Waals surface area (Å²) in [6, 6.07) is 3.20. The zero-order valence-electron chi connectivity index (χ0n) is 12.4. The van der Waals surface area contributed by atoms with E-state index in [1.54, 1.807) is 17.0 Å². The summed E-state index contributed by atoms with van der Waals surface area (Å²) in [7, 11) is -3.35. The molecule has 3 rings (SSSR count). The van der Waals surface area contributed by atoms with E-state index in [1.807, 2.05) is 0 Å². The molecule has 2 unspecified atom stereocenters. The number of alkyl halides is 1. The lowest BCUT2D eigenvalue weighted by Gasteiger charge is -2.41.